The summed E-state index contributed by atoms with van der Waals surface area (Å²) in [5.74, 6) is 3.49. The van der Waals surface area contributed by atoms with E-state index >= 15 is 0 Å². The monoisotopic (exact) mass is 453 g/mol. The lowest BCUT2D eigenvalue weighted by Gasteiger charge is -2.17. The molecule has 0 aromatic heterocycles. The number of amides is 1. The number of ether oxygens (including phenoxy) is 1. The van der Waals surface area contributed by atoms with Crippen LogP contribution in [0.3, 0.4) is 0 Å². The van der Waals surface area contributed by atoms with Crippen LogP contribution in [0.15, 0.2) is 42.5 Å². The first-order valence-electron chi connectivity index (χ1n) is 9.09. The SMILES string of the molecule is CC#CC(CC(=O)O)c1ccc(NC(=O)C(C)Oc2ccc(C(F)(F)F)cc2Cl)cc1. The van der Waals surface area contributed by atoms with Crippen LogP contribution >= 0.6 is 11.6 Å². The first-order valence-corrected chi connectivity index (χ1v) is 9.47. The Labute approximate surface area is 182 Å². The summed E-state index contributed by atoms with van der Waals surface area (Å²) in [6.45, 7) is 3.05. The largest absolute Gasteiger partial charge is 0.481 e. The quantitative estimate of drug-likeness (QED) is 0.554. The molecular formula is C22H19ClF3NO4. The van der Waals surface area contributed by atoms with Gasteiger partial charge in [-0.05, 0) is 49.7 Å². The standard InChI is InChI=1S/C22H19ClF3NO4/c1-3-4-15(11-20(28)29)14-5-8-17(9-6-14)27-21(30)13(2)31-19-10-7-16(12-18(19)23)22(24,25)26/h5-10,12-13,15H,11H2,1-2H3,(H,27,30)(H,28,29). The molecule has 2 atom stereocenters. The summed E-state index contributed by atoms with van der Waals surface area (Å²) >= 11 is 5.84. The second-order valence-corrected chi connectivity index (χ2v) is 6.97. The highest BCUT2D eigenvalue weighted by atomic mass is 35.5. The molecule has 0 aliphatic carbocycles. The lowest BCUT2D eigenvalue weighted by molar-refractivity contribution is -0.138. The Hall–Kier alpha value is -3.18. The molecule has 0 fully saturated rings. The molecule has 0 radical (unpaired) electrons. The van der Waals surface area contributed by atoms with E-state index in [1.54, 1.807) is 31.2 Å². The van der Waals surface area contributed by atoms with Crippen LogP contribution in [0.5, 0.6) is 5.75 Å². The van der Waals surface area contributed by atoms with Gasteiger partial charge in [0.1, 0.15) is 5.75 Å². The summed E-state index contributed by atoms with van der Waals surface area (Å²) in [5, 5.41) is 11.4. The number of benzene rings is 2. The molecule has 0 saturated heterocycles. The number of carbonyl (C=O) groups excluding carboxylic acids is 1. The minimum Gasteiger partial charge on any atom is -0.481 e. The van der Waals surface area contributed by atoms with Crippen molar-refractivity contribution in [2.45, 2.75) is 38.5 Å². The number of carboxylic acid groups (broad SMARTS) is 1. The minimum absolute atomic E-state index is 0.0534. The number of hydrogen-bond acceptors (Lipinski definition) is 3. The van der Waals surface area contributed by atoms with E-state index in [9.17, 15) is 22.8 Å². The molecule has 2 rings (SSSR count). The zero-order chi connectivity index (χ0) is 23.2. The van der Waals surface area contributed by atoms with Crippen molar-refractivity contribution in [3.8, 4) is 17.6 Å². The van der Waals surface area contributed by atoms with Gasteiger partial charge in [-0.3, -0.25) is 9.59 Å². The Morgan fingerprint density at radius 2 is 1.84 bits per heavy atom. The van der Waals surface area contributed by atoms with Crippen molar-refractivity contribution in [2.75, 3.05) is 5.32 Å². The minimum atomic E-state index is -4.54. The van der Waals surface area contributed by atoms with E-state index in [2.05, 4.69) is 17.2 Å². The summed E-state index contributed by atoms with van der Waals surface area (Å²) in [5.41, 5.74) is 0.202. The van der Waals surface area contributed by atoms with Crippen LogP contribution in [-0.2, 0) is 15.8 Å². The highest BCUT2D eigenvalue weighted by molar-refractivity contribution is 6.32. The molecule has 2 unspecified atom stereocenters. The van der Waals surface area contributed by atoms with Crippen LogP contribution in [0.1, 0.15) is 37.3 Å². The fraction of sp³-hybridized carbons (Fsp3) is 0.273. The Kier molecular flexibility index (Phi) is 7.95. The lowest BCUT2D eigenvalue weighted by atomic mass is 9.96. The number of carboxylic acids is 1. The Morgan fingerprint density at radius 3 is 2.35 bits per heavy atom. The fourth-order valence-corrected chi connectivity index (χ4v) is 2.89. The molecule has 0 spiro atoms. The van der Waals surface area contributed by atoms with Gasteiger partial charge in [-0.2, -0.15) is 13.2 Å². The maximum absolute atomic E-state index is 12.7. The molecule has 0 aliphatic heterocycles. The summed E-state index contributed by atoms with van der Waals surface area (Å²) in [4.78, 5) is 23.3. The fourth-order valence-electron chi connectivity index (χ4n) is 2.66. The highest BCUT2D eigenvalue weighted by Gasteiger charge is 2.31. The first-order chi connectivity index (χ1) is 14.5. The van der Waals surface area contributed by atoms with Gasteiger partial charge in [0, 0.05) is 5.69 Å². The molecule has 0 heterocycles. The smallest absolute Gasteiger partial charge is 0.416 e. The zero-order valence-electron chi connectivity index (χ0n) is 16.6. The van der Waals surface area contributed by atoms with Crippen LogP contribution in [0.4, 0.5) is 18.9 Å². The number of nitrogens with one attached hydrogen (secondary N) is 1. The number of halogens is 4. The molecule has 0 saturated carbocycles. The van der Waals surface area contributed by atoms with E-state index in [0.717, 1.165) is 18.2 Å². The average molecular weight is 454 g/mol. The van der Waals surface area contributed by atoms with Crippen molar-refractivity contribution in [1.82, 2.24) is 0 Å². The normalized spacial score (nSPS) is 12.8. The van der Waals surface area contributed by atoms with Crippen molar-refractivity contribution in [2.24, 2.45) is 0 Å². The number of carbonyl (C=O) groups is 2. The number of hydrogen-bond donors (Lipinski definition) is 2. The second-order valence-electron chi connectivity index (χ2n) is 6.56. The first kappa shape index (κ1) is 24.1. The van der Waals surface area contributed by atoms with E-state index in [-0.39, 0.29) is 17.2 Å². The molecule has 0 bridgehead atoms. The summed E-state index contributed by atoms with van der Waals surface area (Å²) in [6, 6.07) is 9.11. The molecule has 5 nitrogen and oxygen atoms in total. The van der Waals surface area contributed by atoms with Crippen molar-refractivity contribution >= 4 is 29.2 Å². The summed E-state index contributed by atoms with van der Waals surface area (Å²) in [7, 11) is 0. The second kappa shape index (κ2) is 10.2. The van der Waals surface area contributed by atoms with Gasteiger partial charge in [0.2, 0.25) is 0 Å². The molecule has 9 heteroatoms. The van der Waals surface area contributed by atoms with Gasteiger partial charge in [0.05, 0.1) is 22.9 Å². The third-order valence-corrected chi connectivity index (χ3v) is 4.51. The maximum Gasteiger partial charge on any atom is 0.416 e. The number of alkyl halides is 3. The third-order valence-electron chi connectivity index (χ3n) is 4.21. The van der Waals surface area contributed by atoms with Crippen molar-refractivity contribution < 1.29 is 32.6 Å². The van der Waals surface area contributed by atoms with Crippen molar-refractivity contribution in [3.05, 3.63) is 58.6 Å². The molecular weight excluding hydrogens is 435 g/mol. The third kappa shape index (κ3) is 6.93. The number of rotatable bonds is 7. The van der Waals surface area contributed by atoms with E-state index in [1.165, 1.54) is 6.92 Å². The molecule has 1 amide bonds. The molecule has 164 valence electrons. The lowest BCUT2D eigenvalue weighted by Crippen LogP contribution is -2.30. The van der Waals surface area contributed by atoms with Gasteiger partial charge < -0.3 is 15.2 Å². The molecule has 31 heavy (non-hydrogen) atoms. The van der Waals surface area contributed by atoms with Gasteiger partial charge in [-0.15, -0.1) is 5.92 Å². The summed E-state index contributed by atoms with van der Waals surface area (Å²) in [6.07, 6.45) is -5.73. The van der Waals surface area contributed by atoms with Crippen molar-refractivity contribution in [3.63, 3.8) is 0 Å². The van der Waals surface area contributed by atoms with Gasteiger partial charge >= 0.3 is 12.1 Å². The molecule has 0 aliphatic rings. The maximum atomic E-state index is 12.7. The van der Waals surface area contributed by atoms with Crippen LogP contribution < -0.4 is 10.1 Å². The van der Waals surface area contributed by atoms with Gasteiger partial charge in [-0.1, -0.05) is 29.7 Å². The van der Waals surface area contributed by atoms with E-state index in [4.69, 9.17) is 21.4 Å². The van der Waals surface area contributed by atoms with Crippen molar-refractivity contribution in [1.29, 1.82) is 0 Å². The Bertz CT molecular complexity index is 1010. The van der Waals surface area contributed by atoms with Crippen LogP contribution in [0.25, 0.3) is 0 Å². The number of anilines is 1. The molecule has 2 N–H and O–H groups in total. The van der Waals surface area contributed by atoms with Gasteiger partial charge in [-0.25, -0.2) is 0 Å². The van der Waals surface area contributed by atoms with Crippen LogP contribution in [-0.4, -0.2) is 23.1 Å². The average Bonchev–Trinajstić information content (AvgIpc) is 2.68. The zero-order valence-corrected chi connectivity index (χ0v) is 17.3. The molecule has 2 aromatic carbocycles. The van der Waals surface area contributed by atoms with E-state index in [0.29, 0.717) is 11.3 Å². The van der Waals surface area contributed by atoms with E-state index < -0.39 is 35.6 Å². The van der Waals surface area contributed by atoms with Crippen LogP contribution in [0, 0.1) is 11.8 Å². The van der Waals surface area contributed by atoms with Crippen LogP contribution in [0.2, 0.25) is 5.02 Å². The predicted molar refractivity (Wildman–Crippen MR) is 110 cm³/mol. The van der Waals surface area contributed by atoms with Gasteiger partial charge in [0.15, 0.2) is 6.10 Å². The predicted octanol–water partition coefficient (Wildman–Crippen LogP) is 5.35. The topological polar surface area (TPSA) is 75.6 Å². The van der Waals surface area contributed by atoms with Gasteiger partial charge in [0.25, 0.3) is 5.91 Å². The Morgan fingerprint density at radius 1 is 1.19 bits per heavy atom. The van der Waals surface area contributed by atoms with E-state index in [1.807, 2.05) is 0 Å². The number of aliphatic carboxylic acids is 1. The molecule has 2 aromatic rings. The Balaban J connectivity index is 2.04. The highest BCUT2D eigenvalue weighted by Crippen LogP contribution is 2.35. The summed E-state index contributed by atoms with van der Waals surface area (Å²) < 4.78 is 43.5.